The van der Waals surface area contributed by atoms with Crippen LogP contribution in [0.5, 0.6) is 5.75 Å². The molecule has 1 unspecified atom stereocenters. The first kappa shape index (κ1) is 14.2. The highest BCUT2D eigenvalue weighted by Crippen LogP contribution is 2.29. The van der Waals surface area contributed by atoms with Gasteiger partial charge in [-0.05, 0) is 42.6 Å². The van der Waals surface area contributed by atoms with Crippen molar-refractivity contribution in [2.45, 2.75) is 13.0 Å². The molecule has 5 heteroatoms. The fourth-order valence-electron chi connectivity index (χ4n) is 2.18. The number of halogens is 1. The van der Waals surface area contributed by atoms with Crippen molar-refractivity contribution in [3.63, 3.8) is 0 Å². The van der Waals surface area contributed by atoms with Crippen molar-refractivity contribution in [1.82, 2.24) is 5.32 Å². The van der Waals surface area contributed by atoms with E-state index in [1.807, 2.05) is 36.6 Å². The zero-order valence-corrected chi connectivity index (χ0v) is 13.0. The molecule has 1 aromatic carbocycles. The molecule has 1 N–H and O–H groups in total. The lowest BCUT2D eigenvalue weighted by atomic mass is 10.1. The van der Waals surface area contributed by atoms with E-state index in [1.165, 1.54) is 0 Å². The molecule has 0 radical (unpaired) electrons. The number of benzene rings is 1. The molecule has 0 fully saturated rings. The summed E-state index contributed by atoms with van der Waals surface area (Å²) in [5, 5.41) is 5.61. The van der Waals surface area contributed by atoms with Crippen LogP contribution < -0.4 is 10.1 Å². The van der Waals surface area contributed by atoms with Crippen LogP contribution in [0.1, 0.15) is 23.4 Å². The van der Waals surface area contributed by atoms with E-state index in [1.54, 1.807) is 23.5 Å². The maximum atomic E-state index is 12.3. The van der Waals surface area contributed by atoms with Crippen LogP contribution >= 0.6 is 22.9 Å². The predicted octanol–water partition coefficient (Wildman–Crippen LogP) is 4.05. The summed E-state index contributed by atoms with van der Waals surface area (Å²) in [4.78, 5) is 13.4. The van der Waals surface area contributed by atoms with Crippen molar-refractivity contribution in [2.75, 3.05) is 6.61 Å². The zero-order valence-electron chi connectivity index (χ0n) is 11.4. The molecule has 0 spiro atoms. The summed E-state index contributed by atoms with van der Waals surface area (Å²) >= 11 is 7.60. The molecule has 108 valence electrons. The third-order valence-electron chi connectivity index (χ3n) is 3.29. The third kappa shape index (κ3) is 3.12. The second-order valence-electron chi connectivity index (χ2n) is 4.85. The van der Waals surface area contributed by atoms with Gasteiger partial charge in [-0.2, -0.15) is 0 Å². The van der Waals surface area contributed by atoms with E-state index in [0.29, 0.717) is 10.6 Å². The number of carbonyl (C=O) groups is 1. The molecule has 1 amide bonds. The third-order valence-corrected chi connectivity index (χ3v) is 4.58. The molecule has 1 aromatic heterocycles. The second kappa shape index (κ2) is 5.92. The Labute approximate surface area is 132 Å². The lowest BCUT2D eigenvalue weighted by Crippen LogP contribution is -2.30. The van der Waals surface area contributed by atoms with E-state index in [2.05, 4.69) is 5.32 Å². The average Bonchev–Trinajstić information content (AvgIpc) is 3.00. The van der Waals surface area contributed by atoms with E-state index in [-0.39, 0.29) is 18.6 Å². The molecule has 21 heavy (non-hydrogen) atoms. The van der Waals surface area contributed by atoms with Gasteiger partial charge in [-0.1, -0.05) is 17.7 Å². The Bertz CT molecular complexity index is 694. The van der Waals surface area contributed by atoms with Gasteiger partial charge in [-0.15, -0.1) is 11.3 Å². The predicted molar refractivity (Wildman–Crippen MR) is 85.8 cm³/mol. The molecule has 3 nitrogen and oxygen atoms in total. The molecule has 0 saturated heterocycles. The first-order valence-corrected chi connectivity index (χ1v) is 7.86. The minimum absolute atomic E-state index is 0.0147. The van der Waals surface area contributed by atoms with Gasteiger partial charge in [0.1, 0.15) is 12.4 Å². The summed E-state index contributed by atoms with van der Waals surface area (Å²) in [5.41, 5.74) is 1.44. The molecular weight excluding hydrogens is 306 g/mol. The maximum absolute atomic E-state index is 12.3. The number of rotatable bonds is 3. The smallest absolute Gasteiger partial charge is 0.251 e. The van der Waals surface area contributed by atoms with Gasteiger partial charge in [-0.25, -0.2) is 0 Å². The second-order valence-corrected chi connectivity index (χ2v) is 6.27. The Morgan fingerprint density at radius 2 is 2.29 bits per heavy atom. The quantitative estimate of drug-likeness (QED) is 0.926. The highest BCUT2D eigenvalue weighted by Gasteiger charge is 2.19. The van der Waals surface area contributed by atoms with Gasteiger partial charge in [0.15, 0.2) is 0 Å². The summed E-state index contributed by atoms with van der Waals surface area (Å²) in [6.07, 6.45) is 1.83. The minimum atomic E-state index is -0.110. The van der Waals surface area contributed by atoms with Gasteiger partial charge in [0, 0.05) is 15.5 Å². The van der Waals surface area contributed by atoms with Crippen molar-refractivity contribution in [2.24, 2.45) is 0 Å². The van der Waals surface area contributed by atoms with Crippen LogP contribution in [0.25, 0.3) is 6.08 Å². The van der Waals surface area contributed by atoms with Gasteiger partial charge in [0.25, 0.3) is 5.91 Å². The minimum Gasteiger partial charge on any atom is -0.488 e. The lowest BCUT2D eigenvalue weighted by molar-refractivity contribution is -0.118. The van der Waals surface area contributed by atoms with Gasteiger partial charge >= 0.3 is 0 Å². The number of thiophene rings is 1. The van der Waals surface area contributed by atoms with Crippen LogP contribution in [0.4, 0.5) is 0 Å². The Balaban J connectivity index is 1.76. The fraction of sp³-hybridized carbons (Fsp3) is 0.188. The number of ether oxygens (including phenoxy) is 1. The molecular formula is C16H14ClNO2S. The van der Waals surface area contributed by atoms with Crippen LogP contribution in [0.15, 0.2) is 41.3 Å². The van der Waals surface area contributed by atoms with Gasteiger partial charge in [0.2, 0.25) is 0 Å². The van der Waals surface area contributed by atoms with E-state index < -0.39 is 0 Å². The normalized spacial score (nSPS) is 14.7. The van der Waals surface area contributed by atoms with Crippen LogP contribution in [0.2, 0.25) is 5.02 Å². The Kier molecular flexibility index (Phi) is 3.99. The molecule has 0 saturated carbocycles. The van der Waals surface area contributed by atoms with Crippen LogP contribution in [0, 0.1) is 0 Å². The van der Waals surface area contributed by atoms with Crippen molar-refractivity contribution >= 4 is 34.9 Å². The van der Waals surface area contributed by atoms with Crippen LogP contribution in [0.3, 0.4) is 0 Å². The summed E-state index contributed by atoms with van der Waals surface area (Å²) in [7, 11) is 0. The SMILES string of the molecule is CC(NC(=O)C1=Cc2cc(Cl)ccc2OC1)c1cccs1. The first-order valence-electron chi connectivity index (χ1n) is 6.60. The molecule has 2 aromatic rings. The topological polar surface area (TPSA) is 38.3 Å². The monoisotopic (exact) mass is 319 g/mol. The Morgan fingerprint density at radius 3 is 3.05 bits per heavy atom. The van der Waals surface area contributed by atoms with E-state index in [9.17, 15) is 4.79 Å². The molecule has 1 aliphatic rings. The van der Waals surface area contributed by atoms with E-state index >= 15 is 0 Å². The molecule has 3 rings (SSSR count). The number of amides is 1. The molecule has 0 bridgehead atoms. The summed E-state index contributed by atoms with van der Waals surface area (Å²) in [6, 6.07) is 9.36. The fourth-order valence-corrected chi connectivity index (χ4v) is 3.09. The van der Waals surface area contributed by atoms with Crippen molar-refractivity contribution in [3.05, 3.63) is 56.7 Å². The average molecular weight is 320 g/mol. The zero-order chi connectivity index (χ0) is 14.8. The summed E-state index contributed by atoms with van der Waals surface area (Å²) in [6.45, 7) is 2.25. The maximum Gasteiger partial charge on any atom is 0.251 e. The summed E-state index contributed by atoms with van der Waals surface area (Å²) in [5.74, 6) is 0.642. The lowest BCUT2D eigenvalue weighted by Gasteiger charge is -2.19. The first-order chi connectivity index (χ1) is 10.1. The highest BCUT2D eigenvalue weighted by molar-refractivity contribution is 7.10. The number of hydrogen-bond donors (Lipinski definition) is 1. The van der Waals surface area contributed by atoms with Gasteiger partial charge in [-0.3, -0.25) is 4.79 Å². The van der Waals surface area contributed by atoms with E-state index in [4.69, 9.17) is 16.3 Å². The molecule has 2 heterocycles. The number of nitrogens with one attached hydrogen (secondary N) is 1. The Hall–Kier alpha value is -1.78. The molecule has 1 atom stereocenters. The number of hydrogen-bond acceptors (Lipinski definition) is 3. The van der Waals surface area contributed by atoms with Crippen molar-refractivity contribution < 1.29 is 9.53 Å². The number of carbonyl (C=O) groups excluding carboxylic acids is 1. The summed E-state index contributed by atoms with van der Waals surface area (Å²) < 4.78 is 5.60. The van der Waals surface area contributed by atoms with Gasteiger partial charge < -0.3 is 10.1 Å². The number of fused-ring (bicyclic) bond motifs is 1. The Morgan fingerprint density at radius 1 is 1.43 bits per heavy atom. The molecule has 0 aliphatic carbocycles. The standard InChI is InChI=1S/C16H14ClNO2S/c1-10(15-3-2-6-21-15)18-16(19)12-7-11-8-13(17)4-5-14(11)20-9-12/h2-8,10H,9H2,1H3,(H,18,19). The van der Waals surface area contributed by atoms with Crippen molar-refractivity contribution in [3.8, 4) is 5.75 Å². The highest BCUT2D eigenvalue weighted by atomic mass is 35.5. The molecule has 1 aliphatic heterocycles. The largest absolute Gasteiger partial charge is 0.488 e. The van der Waals surface area contributed by atoms with Crippen LogP contribution in [-0.2, 0) is 4.79 Å². The van der Waals surface area contributed by atoms with Crippen LogP contribution in [-0.4, -0.2) is 12.5 Å². The van der Waals surface area contributed by atoms with Gasteiger partial charge in [0.05, 0.1) is 11.6 Å². The van der Waals surface area contributed by atoms with Crippen molar-refractivity contribution in [1.29, 1.82) is 0 Å². The van der Waals surface area contributed by atoms with E-state index in [0.717, 1.165) is 16.2 Å².